The van der Waals surface area contributed by atoms with Gasteiger partial charge in [-0.05, 0) is 43.0 Å². The molecule has 218 valence electrons. The van der Waals surface area contributed by atoms with Crippen molar-refractivity contribution in [2.75, 3.05) is 32.9 Å². The number of carbonyl (C=O) groups excluding carboxylic acids is 2. The fourth-order valence-electron chi connectivity index (χ4n) is 4.38. The number of benzene rings is 1. The Labute approximate surface area is 236 Å². The summed E-state index contributed by atoms with van der Waals surface area (Å²) >= 11 is 0. The number of nitrogens with one attached hydrogen (secondary N) is 1. The van der Waals surface area contributed by atoms with Crippen LogP contribution in [-0.2, 0) is 32.2 Å². The number of rotatable bonds is 10. The van der Waals surface area contributed by atoms with E-state index in [1.165, 1.54) is 5.56 Å². The van der Waals surface area contributed by atoms with E-state index in [9.17, 15) is 9.59 Å². The number of ether oxygens (including phenoxy) is 3. The highest BCUT2D eigenvalue weighted by Crippen LogP contribution is 2.22. The highest BCUT2D eigenvalue weighted by molar-refractivity contribution is 5.85. The molecule has 1 atom stereocenters. The molecule has 40 heavy (non-hydrogen) atoms. The van der Waals surface area contributed by atoms with Crippen LogP contribution in [0.5, 0.6) is 0 Å². The van der Waals surface area contributed by atoms with Gasteiger partial charge in [0.25, 0.3) is 0 Å². The molecule has 0 bridgehead atoms. The molecule has 0 radical (unpaired) electrons. The maximum absolute atomic E-state index is 12.9. The second kappa shape index (κ2) is 13.7. The standard InChI is InChI=1S/C28H38N6O5.CH4/c1-19(2)22-10-6-5-8-20(22)16-38-18-23(30-26(35)28(3,4)29)25-32-31-24-11-7-9-21(34(24)25)17-39-27(36)33-12-14-37-15-13-33;/h5-11,19,23H,12-18,29H2,1-4H3,(H,30,35);1H4/t23-;/m1./s1. The predicted molar refractivity (Wildman–Crippen MR) is 152 cm³/mol. The number of aromatic nitrogens is 3. The molecule has 4 rings (SSSR count). The third-order valence-electron chi connectivity index (χ3n) is 6.57. The average Bonchev–Trinajstić information content (AvgIpc) is 3.36. The lowest BCUT2D eigenvalue weighted by Gasteiger charge is -2.26. The first-order valence-corrected chi connectivity index (χ1v) is 13.2. The molecular formula is C29H42N6O5. The zero-order valence-corrected chi connectivity index (χ0v) is 23.1. The normalized spacial score (nSPS) is 14.6. The Morgan fingerprint density at radius 3 is 2.50 bits per heavy atom. The van der Waals surface area contributed by atoms with Crippen molar-refractivity contribution >= 4 is 17.6 Å². The molecule has 11 heteroatoms. The fourth-order valence-corrected chi connectivity index (χ4v) is 4.38. The number of carbonyl (C=O) groups is 2. The molecule has 1 aliphatic rings. The van der Waals surface area contributed by atoms with Crippen molar-refractivity contribution in [2.45, 2.75) is 65.8 Å². The van der Waals surface area contributed by atoms with E-state index < -0.39 is 17.7 Å². The molecule has 0 saturated carbocycles. The Hall–Kier alpha value is -3.54. The molecule has 11 nitrogen and oxygen atoms in total. The Morgan fingerprint density at radius 2 is 1.80 bits per heavy atom. The smallest absolute Gasteiger partial charge is 0.410 e. The Balaban J connectivity index is 0.00000441. The van der Waals surface area contributed by atoms with Crippen LogP contribution in [0.15, 0.2) is 42.5 Å². The van der Waals surface area contributed by atoms with Crippen LogP contribution >= 0.6 is 0 Å². The average molecular weight is 555 g/mol. The monoisotopic (exact) mass is 554 g/mol. The van der Waals surface area contributed by atoms with Crippen molar-refractivity contribution < 1.29 is 23.8 Å². The highest BCUT2D eigenvalue weighted by atomic mass is 16.6. The fraction of sp³-hybridized carbons (Fsp3) is 0.517. The van der Waals surface area contributed by atoms with E-state index >= 15 is 0 Å². The van der Waals surface area contributed by atoms with Crippen LogP contribution in [0, 0.1) is 0 Å². The number of amides is 2. The highest BCUT2D eigenvalue weighted by Gasteiger charge is 2.29. The summed E-state index contributed by atoms with van der Waals surface area (Å²) in [4.78, 5) is 27.1. The molecule has 2 aromatic heterocycles. The van der Waals surface area contributed by atoms with E-state index in [2.05, 4.69) is 35.4 Å². The summed E-state index contributed by atoms with van der Waals surface area (Å²) in [6.07, 6.45) is -0.410. The van der Waals surface area contributed by atoms with Crippen molar-refractivity contribution in [1.29, 1.82) is 0 Å². The van der Waals surface area contributed by atoms with Gasteiger partial charge in [-0.3, -0.25) is 9.20 Å². The first kappa shape index (κ1) is 31.0. The lowest BCUT2D eigenvalue weighted by atomic mass is 9.98. The third kappa shape index (κ3) is 7.56. The van der Waals surface area contributed by atoms with E-state index in [0.29, 0.717) is 56.0 Å². The number of pyridine rings is 1. The van der Waals surface area contributed by atoms with Crippen molar-refractivity contribution in [2.24, 2.45) is 5.73 Å². The predicted octanol–water partition coefficient (Wildman–Crippen LogP) is 3.57. The zero-order chi connectivity index (χ0) is 28.0. The summed E-state index contributed by atoms with van der Waals surface area (Å²) in [7, 11) is 0. The molecule has 1 saturated heterocycles. The Bertz CT molecular complexity index is 1280. The van der Waals surface area contributed by atoms with Crippen LogP contribution < -0.4 is 11.1 Å². The summed E-state index contributed by atoms with van der Waals surface area (Å²) in [6.45, 7) is 10.0. The van der Waals surface area contributed by atoms with Crippen molar-refractivity contribution in [3.63, 3.8) is 0 Å². The van der Waals surface area contributed by atoms with Crippen molar-refractivity contribution in [1.82, 2.24) is 24.8 Å². The SMILES string of the molecule is C.CC(C)c1ccccc1COC[C@@H](NC(=O)C(C)(C)N)c1nnc2cccc(COC(=O)N3CCOCC3)n12. The quantitative estimate of drug-likeness (QED) is 0.389. The van der Waals surface area contributed by atoms with Gasteiger partial charge in [0, 0.05) is 13.1 Å². The maximum atomic E-state index is 12.9. The maximum Gasteiger partial charge on any atom is 0.410 e. The second-order valence-corrected chi connectivity index (χ2v) is 10.5. The first-order chi connectivity index (χ1) is 18.6. The van der Waals surface area contributed by atoms with Gasteiger partial charge in [0.1, 0.15) is 12.6 Å². The summed E-state index contributed by atoms with van der Waals surface area (Å²) in [5.41, 5.74) is 8.47. The summed E-state index contributed by atoms with van der Waals surface area (Å²) in [5, 5.41) is 11.7. The molecule has 3 heterocycles. The summed E-state index contributed by atoms with van der Waals surface area (Å²) < 4.78 is 18.8. The van der Waals surface area contributed by atoms with E-state index in [-0.39, 0.29) is 26.5 Å². The number of fused-ring (bicyclic) bond motifs is 1. The van der Waals surface area contributed by atoms with Crippen molar-refractivity contribution in [3.8, 4) is 0 Å². The largest absolute Gasteiger partial charge is 0.443 e. The van der Waals surface area contributed by atoms with Gasteiger partial charge in [0.2, 0.25) is 5.91 Å². The summed E-state index contributed by atoms with van der Waals surface area (Å²) in [5.74, 6) is 0.450. The number of morpholine rings is 1. The van der Waals surface area contributed by atoms with Gasteiger partial charge in [-0.15, -0.1) is 10.2 Å². The van der Waals surface area contributed by atoms with E-state index in [1.807, 2.05) is 30.3 Å². The molecule has 1 aromatic carbocycles. The van der Waals surface area contributed by atoms with Crippen LogP contribution in [0.1, 0.15) is 69.7 Å². The lowest BCUT2D eigenvalue weighted by molar-refractivity contribution is -0.126. The Kier molecular flexibility index (Phi) is 10.6. The van der Waals surface area contributed by atoms with E-state index in [0.717, 1.165) is 5.56 Å². The number of nitrogens with zero attached hydrogens (tertiary/aromatic N) is 4. The van der Waals surface area contributed by atoms with Crippen LogP contribution in [-0.4, -0.2) is 69.9 Å². The Morgan fingerprint density at radius 1 is 1.07 bits per heavy atom. The van der Waals surface area contributed by atoms with Gasteiger partial charge >= 0.3 is 6.09 Å². The minimum Gasteiger partial charge on any atom is -0.443 e. The summed E-state index contributed by atoms with van der Waals surface area (Å²) in [6, 6.07) is 12.9. The van der Waals surface area contributed by atoms with Crippen LogP contribution in [0.25, 0.3) is 5.65 Å². The minimum atomic E-state index is -1.11. The molecular weight excluding hydrogens is 512 g/mol. The molecule has 3 aromatic rings. The topological polar surface area (TPSA) is 133 Å². The molecule has 3 N–H and O–H groups in total. The molecule has 2 amide bonds. The molecule has 1 aliphatic heterocycles. The number of nitrogens with two attached hydrogens (primary N) is 1. The molecule has 0 spiro atoms. The van der Waals surface area contributed by atoms with E-state index in [1.54, 1.807) is 29.2 Å². The van der Waals surface area contributed by atoms with Gasteiger partial charge in [0.05, 0.1) is 37.7 Å². The number of hydrogen-bond acceptors (Lipinski definition) is 8. The molecule has 1 fully saturated rings. The van der Waals surface area contributed by atoms with Crippen LogP contribution in [0.4, 0.5) is 4.79 Å². The van der Waals surface area contributed by atoms with Crippen molar-refractivity contribution in [3.05, 3.63) is 65.1 Å². The zero-order valence-electron chi connectivity index (χ0n) is 23.1. The number of hydrogen-bond donors (Lipinski definition) is 2. The lowest BCUT2D eigenvalue weighted by Crippen LogP contribution is -2.51. The first-order valence-electron chi connectivity index (χ1n) is 13.2. The minimum absolute atomic E-state index is 0. The van der Waals surface area contributed by atoms with E-state index in [4.69, 9.17) is 19.9 Å². The molecule has 0 unspecified atom stereocenters. The van der Waals surface area contributed by atoms with Gasteiger partial charge in [-0.25, -0.2) is 4.79 Å². The van der Waals surface area contributed by atoms with Gasteiger partial charge < -0.3 is 30.2 Å². The van der Waals surface area contributed by atoms with Crippen LogP contribution in [0.3, 0.4) is 0 Å². The van der Waals surface area contributed by atoms with Crippen LogP contribution in [0.2, 0.25) is 0 Å². The second-order valence-electron chi connectivity index (χ2n) is 10.5. The van der Waals surface area contributed by atoms with Gasteiger partial charge in [-0.2, -0.15) is 0 Å². The molecule has 0 aliphatic carbocycles. The van der Waals surface area contributed by atoms with Gasteiger partial charge in [0.15, 0.2) is 11.5 Å². The third-order valence-corrected chi connectivity index (χ3v) is 6.57. The van der Waals surface area contributed by atoms with Gasteiger partial charge in [-0.1, -0.05) is 51.6 Å².